The molecular formula is C22H22BrFN2O2. The normalized spacial score (nSPS) is 20.6. The van der Waals surface area contributed by atoms with E-state index in [0.29, 0.717) is 17.9 Å². The number of fused-ring (bicyclic) bond motifs is 1. The van der Waals surface area contributed by atoms with Crippen LogP contribution in [-0.2, 0) is 6.54 Å². The van der Waals surface area contributed by atoms with Gasteiger partial charge in [0.25, 0.3) is 5.91 Å². The van der Waals surface area contributed by atoms with Crippen molar-refractivity contribution in [2.75, 3.05) is 13.1 Å². The molecular weight excluding hydrogens is 423 g/mol. The number of hydrogen-bond acceptors (Lipinski definition) is 3. The minimum atomic E-state index is -0.224. The Balaban J connectivity index is 1.48. The molecule has 1 amide bonds. The highest BCUT2D eigenvalue weighted by Crippen LogP contribution is 2.26. The average Bonchev–Trinajstić information content (AvgIpc) is 3.09. The Morgan fingerprint density at radius 1 is 1.11 bits per heavy atom. The summed E-state index contributed by atoms with van der Waals surface area (Å²) in [6, 6.07) is 14.4. The second-order valence-electron chi connectivity index (χ2n) is 7.50. The summed E-state index contributed by atoms with van der Waals surface area (Å²) in [6.07, 6.45) is 0. The minimum absolute atomic E-state index is 0.0593. The Morgan fingerprint density at radius 3 is 2.61 bits per heavy atom. The fraction of sp³-hybridized carbons (Fsp3) is 0.318. The van der Waals surface area contributed by atoms with Gasteiger partial charge in [-0.1, -0.05) is 28.1 Å². The molecule has 1 aromatic heterocycles. The number of carbonyl (C=O) groups excluding carboxylic acids is 1. The fourth-order valence-corrected chi connectivity index (χ4v) is 4.17. The lowest BCUT2D eigenvalue weighted by molar-refractivity contribution is 0.0269. The van der Waals surface area contributed by atoms with Crippen molar-refractivity contribution < 1.29 is 13.6 Å². The standard InChI is InChI=1S/C22H22BrFN2O2/c1-14-12-26(15(2)11-25(14)13-16-3-6-19(24)7-4-16)22(27)21-10-17-9-18(23)5-8-20(17)28-21/h3-10,14-15H,11-13H2,1-2H3. The van der Waals surface area contributed by atoms with Crippen LogP contribution in [0, 0.1) is 5.82 Å². The quantitative estimate of drug-likeness (QED) is 0.565. The summed E-state index contributed by atoms with van der Waals surface area (Å²) >= 11 is 3.45. The van der Waals surface area contributed by atoms with Gasteiger partial charge in [0.1, 0.15) is 11.4 Å². The van der Waals surface area contributed by atoms with E-state index in [2.05, 4.69) is 34.7 Å². The van der Waals surface area contributed by atoms with Crippen molar-refractivity contribution in [2.45, 2.75) is 32.5 Å². The number of rotatable bonds is 3. The molecule has 0 N–H and O–H groups in total. The van der Waals surface area contributed by atoms with Crippen molar-refractivity contribution in [1.82, 2.24) is 9.80 Å². The summed E-state index contributed by atoms with van der Waals surface area (Å²) < 4.78 is 19.9. The number of carbonyl (C=O) groups is 1. The Hall–Kier alpha value is -2.18. The van der Waals surface area contributed by atoms with E-state index in [1.165, 1.54) is 12.1 Å². The highest BCUT2D eigenvalue weighted by Gasteiger charge is 2.33. The first-order valence-electron chi connectivity index (χ1n) is 9.39. The van der Waals surface area contributed by atoms with Crippen LogP contribution in [0.3, 0.4) is 0 Å². The molecule has 0 radical (unpaired) electrons. The molecule has 146 valence electrons. The SMILES string of the molecule is CC1CN(C(=O)c2cc3cc(Br)ccc3o2)C(C)CN1Cc1ccc(F)cc1. The number of halogens is 2. The van der Waals surface area contributed by atoms with Gasteiger partial charge in [-0.25, -0.2) is 4.39 Å². The lowest BCUT2D eigenvalue weighted by Crippen LogP contribution is -2.57. The molecule has 2 aromatic carbocycles. The average molecular weight is 445 g/mol. The summed E-state index contributed by atoms with van der Waals surface area (Å²) in [7, 11) is 0. The molecule has 1 saturated heterocycles. The highest BCUT2D eigenvalue weighted by atomic mass is 79.9. The van der Waals surface area contributed by atoms with Gasteiger partial charge < -0.3 is 9.32 Å². The third kappa shape index (κ3) is 3.84. The van der Waals surface area contributed by atoms with E-state index in [1.807, 2.05) is 41.3 Å². The predicted octanol–water partition coefficient (Wildman–Crippen LogP) is 5.07. The van der Waals surface area contributed by atoms with E-state index in [0.717, 1.165) is 28.5 Å². The monoisotopic (exact) mass is 444 g/mol. The zero-order valence-corrected chi connectivity index (χ0v) is 17.4. The van der Waals surface area contributed by atoms with Crippen molar-refractivity contribution in [1.29, 1.82) is 0 Å². The number of furan rings is 1. The Labute approximate surface area is 172 Å². The molecule has 0 spiro atoms. The number of nitrogens with zero attached hydrogens (tertiary/aromatic N) is 2. The van der Waals surface area contributed by atoms with Crippen LogP contribution >= 0.6 is 15.9 Å². The van der Waals surface area contributed by atoms with Crippen LogP contribution in [0.25, 0.3) is 11.0 Å². The number of amides is 1. The third-order valence-electron chi connectivity index (χ3n) is 5.36. The summed E-state index contributed by atoms with van der Waals surface area (Å²) in [6.45, 7) is 6.30. The Morgan fingerprint density at radius 2 is 1.86 bits per heavy atom. The minimum Gasteiger partial charge on any atom is -0.451 e. The van der Waals surface area contributed by atoms with Gasteiger partial charge in [0.15, 0.2) is 5.76 Å². The van der Waals surface area contributed by atoms with Crippen LogP contribution in [0.1, 0.15) is 30.0 Å². The maximum Gasteiger partial charge on any atom is 0.289 e. The van der Waals surface area contributed by atoms with Gasteiger partial charge in [0.2, 0.25) is 0 Å². The third-order valence-corrected chi connectivity index (χ3v) is 5.86. The highest BCUT2D eigenvalue weighted by molar-refractivity contribution is 9.10. The molecule has 4 nitrogen and oxygen atoms in total. The fourth-order valence-electron chi connectivity index (χ4n) is 3.79. The number of hydrogen-bond donors (Lipinski definition) is 0. The zero-order chi connectivity index (χ0) is 19.8. The van der Waals surface area contributed by atoms with E-state index in [4.69, 9.17) is 4.42 Å². The van der Waals surface area contributed by atoms with Crippen molar-refractivity contribution in [3.63, 3.8) is 0 Å². The molecule has 0 saturated carbocycles. The molecule has 0 aliphatic carbocycles. The first-order chi connectivity index (χ1) is 13.4. The van der Waals surface area contributed by atoms with Crippen LogP contribution in [0.4, 0.5) is 4.39 Å². The van der Waals surface area contributed by atoms with E-state index in [1.54, 1.807) is 0 Å². The van der Waals surface area contributed by atoms with Crippen LogP contribution in [0.2, 0.25) is 0 Å². The van der Waals surface area contributed by atoms with Gasteiger partial charge in [-0.05, 0) is 55.8 Å². The molecule has 1 aliphatic rings. The summed E-state index contributed by atoms with van der Waals surface area (Å²) in [5.74, 6) is 0.0747. The summed E-state index contributed by atoms with van der Waals surface area (Å²) in [5.41, 5.74) is 1.78. The second-order valence-corrected chi connectivity index (χ2v) is 8.42. The van der Waals surface area contributed by atoms with Crippen LogP contribution < -0.4 is 0 Å². The molecule has 2 unspecified atom stereocenters. The molecule has 28 heavy (non-hydrogen) atoms. The van der Waals surface area contributed by atoms with Crippen molar-refractivity contribution >= 4 is 32.8 Å². The first kappa shape index (κ1) is 19.2. The van der Waals surface area contributed by atoms with Crippen molar-refractivity contribution in [2.24, 2.45) is 0 Å². The van der Waals surface area contributed by atoms with E-state index in [9.17, 15) is 9.18 Å². The Bertz CT molecular complexity index is 1000. The molecule has 6 heteroatoms. The molecule has 4 rings (SSSR count). The number of benzene rings is 2. The molecule has 2 atom stereocenters. The van der Waals surface area contributed by atoms with Crippen molar-refractivity contribution in [3.05, 3.63) is 70.1 Å². The summed E-state index contributed by atoms with van der Waals surface area (Å²) in [4.78, 5) is 17.3. The topological polar surface area (TPSA) is 36.7 Å². The molecule has 2 heterocycles. The largest absolute Gasteiger partial charge is 0.451 e. The van der Waals surface area contributed by atoms with Crippen LogP contribution in [0.5, 0.6) is 0 Å². The molecule has 0 bridgehead atoms. The van der Waals surface area contributed by atoms with Crippen LogP contribution in [0.15, 0.2) is 57.4 Å². The molecule has 1 fully saturated rings. The van der Waals surface area contributed by atoms with Gasteiger partial charge in [-0.2, -0.15) is 0 Å². The smallest absolute Gasteiger partial charge is 0.289 e. The first-order valence-corrected chi connectivity index (χ1v) is 10.2. The Kier molecular flexibility index (Phi) is 5.25. The van der Waals surface area contributed by atoms with Crippen LogP contribution in [-0.4, -0.2) is 40.9 Å². The van der Waals surface area contributed by atoms with E-state index < -0.39 is 0 Å². The van der Waals surface area contributed by atoms with Gasteiger partial charge in [0, 0.05) is 41.6 Å². The van der Waals surface area contributed by atoms with Gasteiger partial charge in [-0.3, -0.25) is 9.69 Å². The molecule has 1 aliphatic heterocycles. The zero-order valence-electron chi connectivity index (χ0n) is 15.9. The van der Waals surface area contributed by atoms with Gasteiger partial charge in [0.05, 0.1) is 0 Å². The maximum absolute atomic E-state index is 13.1. The maximum atomic E-state index is 13.1. The van der Waals surface area contributed by atoms with Gasteiger partial charge >= 0.3 is 0 Å². The second kappa shape index (κ2) is 7.68. The lowest BCUT2D eigenvalue weighted by atomic mass is 10.1. The molecule has 3 aromatic rings. The lowest BCUT2D eigenvalue weighted by Gasteiger charge is -2.43. The predicted molar refractivity (Wildman–Crippen MR) is 111 cm³/mol. The number of piperazine rings is 1. The van der Waals surface area contributed by atoms with Crippen molar-refractivity contribution in [3.8, 4) is 0 Å². The van der Waals surface area contributed by atoms with Gasteiger partial charge in [-0.15, -0.1) is 0 Å². The van der Waals surface area contributed by atoms with E-state index >= 15 is 0 Å². The summed E-state index contributed by atoms with van der Waals surface area (Å²) in [5, 5.41) is 0.911. The van der Waals surface area contributed by atoms with E-state index in [-0.39, 0.29) is 23.8 Å².